The normalized spacial score (nSPS) is 11.6. The number of hydrogen-bond acceptors (Lipinski definition) is 5. The average Bonchev–Trinajstić information content (AvgIpc) is 2.78. The van der Waals surface area contributed by atoms with Crippen LogP contribution in [0.1, 0.15) is 33.3 Å². The van der Waals surface area contributed by atoms with Crippen LogP contribution in [0.15, 0.2) is 18.5 Å². The van der Waals surface area contributed by atoms with Crippen molar-refractivity contribution in [2.24, 2.45) is 0 Å². The van der Waals surface area contributed by atoms with Crippen LogP contribution in [0.2, 0.25) is 0 Å². The van der Waals surface area contributed by atoms with Gasteiger partial charge in [0.2, 0.25) is 0 Å². The monoisotopic (exact) mass is 291 g/mol. The Morgan fingerprint density at radius 3 is 2.62 bits per heavy atom. The minimum Gasteiger partial charge on any atom is -0.443 e. The van der Waals surface area contributed by atoms with Crippen LogP contribution < -0.4 is 0 Å². The van der Waals surface area contributed by atoms with Gasteiger partial charge in [-0.15, -0.1) is 0 Å². The second-order valence-electron chi connectivity index (χ2n) is 5.64. The number of rotatable bonds is 2. The summed E-state index contributed by atoms with van der Waals surface area (Å²) in [5, 5.41) is 11.0. The molecule has 0 bridgehead atoms. The highest BCUT2D eigenvalue weighted by molar-refractivity contribution is 5.90. The summed E-state index contributed by atoms with van der Waals surface area (Å²) in [7, 11) is 0. The van der Waals surface area contributed by atoms with Gasteiger partial charge in [0.1, 0.15) is 11.9 Å². The zero-order chi connectivity index (χ0) is 15.8. The number of aromatic nitrogens is 2. The lowest BCUT2D eigenvalue weighted by Crippen LogP contribution is -2.26. The largest absolute Gasteiger partial charge is 0.443 e. The van der Waals surface area contributed by atoms with Crippen molar-refractivity contribution < 1.29 is 14.5 Å². The summed E-state index contributed by atoms with van der Waals surface area (Å²) >= 11 is 0. The second-order valence-corrected chi connectivity index (χ2v) is 5.64. The molecule has 0 aliphatic carbocycles. The summed E-state index contributed by atoms with van der Waals surface area (Å²) in [5.41, 5.74) is 0.866. The van der Waals surface area contributed by atoms with E-state index in [1.807, 2.05) is 6.92 Å². The Balaban J connectivity index is 2.55. The van der Waals surface area contributed by atoms with E-state index in [1.165, 1.54) is 23.0 Å². The first kappa shape index (κ1) is 15.0. The molecule has 0 unspecified atom stereocenters. The molecule has 1 aromatic heterocycles. The van der Waals surface area contributed by atoms with Gasteiger partial charge in [-0.1, -0.05) is 6.92 Å². The maximum atomic E-state index is 12.1. The fraction of sp³-hybridized carbons (Fsp3) is 0.429. The Morgan fingerprint density at radius 2 is 2.10 bits per heavy atom. The van der Waals surface area contributed by atoms with E-state index < -0.39 is 16.6 Å². The van der Waals surface area contributed by atoms with Crippen LogP contribution in [0.3, 0.4) is 0 Å². The van der Waals surface area contributed by atoms with Crippen molar-refractivity contribution in [3.05, 3.63) is 34.1 Å². The summed E-state index contributed by atoms with van der Waals surface area (Å²) in [6.45, 7) is 7.12. The molecule has 2 rings (SSSR count). The van der Waals surface area contributed by atoms with Crippen LogP contribution in [-0.4, -0.2) is 26.2 Å². The van der Waals surface area contributed by atoms with Gasteiger partial charge in [-0.3, -0.25) is 10.1 Å². The fourth-order valence-electron chi connectivity index (χ4n) is 2.11. The molecule has 0 saturated carbocycles. The molecule has 112 valence electrons. The molecule has 0 N–H and O–H groups in total. The Kier molecular flexibility index (Phi) is 3.67. The number of benzene rings is 1. The Hall–Kier alpha value is -2.44. The zero-order valence-electron chi connectivity index (χ0n) is 12.4. The minimum atomic E-state index is -0.623. The van der Waals surface area contributed by atoms with E-state index in [2.05, 4.69) is 4.98 Å². The molecule has 1 aromatic carbocycles. The van der Waals surface area contributed by atoms with Gasteiger partial charge in [0.05, 0.1) is 21.5 Å². The number of hydrogen-bond donors (Lipinski definition) is 0. The summed E-state index contributed by atoms with van der Waals surface area (Å²) in [6.07, 6.45) is 1.24. The maximum Gasteiger partial charge on any atom is 0.420 e. The summed E-state index contributed by atoms with van der Waals surface area (Å²) in [4.78, 5) is 26.9. The quantitative estimate of drug-likeness (QED) is 0.625. The number of carbonyl (C=O) groups is 1. The van der Waals surface area contributed by atoms with Crippen molar-refractivity contribution in [2.75, 3.05) is 0 Å². The maximum absolute atomic E-state index is 12.1. The van der Waals surface area contributed by atoms with E-state index in [4.69, 9.17) is 4.74 Å². The van der Waals surface area contributed by atoms with Crippen molar-refractivity contribution in [1.29, 1.82) is 0 Å². The van der Waals surface area contributed by atoms with Crippen LogP contribution in [0.25, 0.3) is 11.0 Å². The Bertz CT molecular complexity index is 713. The van der Waals surface area contributed by atoms with Crippen LogP contribution in [0.4, 0.5) is 10.5 Å². The molecule has 0 aliphatic heterocycles. The minimum absolute atomic E-state index is 0.0134. The predicted octanol–water partition coefficient (Wildman–Crippen LogP) is 3.29. The molecular weight excluding hydrogens is 274 g/mol. The first-order chi connectivity index (χ1) is 9.74. The fourth-order valence-corrected chi connectivity index (χ4v) is 2.11. The Morgan fingerprint density at radius 1 is 1.43 bits per heavy atom. The van der Waals surface area contributed by atoms with Crippen LogP contribution in [-0.2, 0) is 11.2 Å². The van der Waals surface area contributed by atoms with Gasteiger partial charge >= 0.3 is 6.09 Å². The number of imidazole rings is 1. The lowest BCUT2D eigenvalue weighted by molar-refractivity contribution is -0.385. The number of carbonyl (C=O) groups excluding carboxylic acids is 1. The van der Waals surface area contributed by atoms with E-state index in [-0.39, 0.29) is 5.69 Å². The summed E-state index contributed by atoms with van der Waals surface area (Å²) in [6, 6.07) is 2.91. The molecule has 0 spiro atoms. The second kappa shape index (κ2) is 5.16. The molecule has 0 fully saturated rings. The van der Waals surface area contributed by atoms with Gasteiger partial charge in [0, 0.05) is 6.07 Å². The van der Waals surface area contributed by atoms with Crippen molar-refractivity contribution in [2.45, 2.75) is 39.7 Å². The van der Waals surface area contributed by atoms with E-state index in [1.54, 1.807) is 20.8 Å². The molecule has 2 aromatic rings. The third-order valence-corrected chi connectivity index (χ3v) is 2.94. The van der Waals surface area contributed by atoms with Crippen molar-refractivity contribution >= 4 is 22.8 Å². The lowest BCUT2D eigenvalue weighted by atomic mass is 10.1. The van der Waals surface area contributed by atoms with Crippen molar-refractivity contribution in [3.8, 4) is 0 Å². The molecule has 7 nitrogen and oxygen atoms in total. The smallest absolute Gasteiger partial charge is 0.420 e. The highest BCUT2D eigenvalue weighted by atomic mass is 16.6. The molecule has 0 atom stereocenters. The molecule has 0 amide bonds. The molecule has 7 heteroatoms. The van der Waals surface area contributed by atoms with E-state index in [0.29, 0.717) is 23.0 Å². The number of nitro groups is 1. The van der Waals surface area contributed by atoms with E-state index in [0.717, 1.165) is 0 Å². The van der Waals surface area contributed by atoms with Gasteiger partial charge in [-0.05, 0) is 33.3 Å². The zero-order valence-corrected chi connectivity index (χ0v) is 12.4. The molecule has 21 heavy (non-hydrogen) atoms. The van der Waals surface area contributed by atoms with Crippen molar-refractivity contribution in [3.63, 3.8) is 0 Å². The number of nitrogens with zero attached hydrogens (tertiary/aromatic N) is 3. The summed E-state index contributed by atoms with van der Waals surface area (Å²) < 4.78 is 6.56. The SMILES string of the molecule is CCc1c([N+](=O)[O-])ccc2c1ncn2C(=O)OC(C)(C)C. The van der Waals surface area contributed by atoms with E-state index in [9.17, 15) is 14.9 Å². The third kappa shape index (κ3) is 2.86. The van der Waals surface area contributed by atoms with Crippen LogP contribution in [0.5, 0.6) is 0 Å². The third-order valence-electron chi connectivity index (χ3n) is 2.94. The number of nitro benzene ring substituents is 1. The van der Waals surface area contributed by atoms with E-state index >= 15 is 0 Å². The predicted molar refractivity (Wildman–Crippen MR) is 77.4 cm³/mol. The highest BCUT2D eigenvalue weighted by Crippen LogP contribution is 2.27. The molecular formula is C14H17N3O4. The first-order valence-corrected chi connectivity index (χ1v) is 6.61. The average molecular weight is 291 g/mol. The van der Waals surface area contributed by atoms with Crippen LogP contribution >= 0.6 is 0 Å². The summed E-state index contributed by atoms with van der Waals surface area (Å²) in [5.74, 6) is 0. The molecule has 1 heterocycles. The number of ether oxygens (including phenoxy) is 1. The lowest BCUT2D eigenvalue weighted by Gasteiger charge is -2.19. The van der Waals surface area contributed by atoms with Gasteiger partial charge < -0.3 is 4.74 Å². The number of fused-ring (bicyclic) bond motifs is 1. The molecule has 0 saturated heterocycles. The van der Waals surface area contributed by atoms with Gasteiger partial charge in [-0.25, -0.2) is 14.3 Å². The van der Waals surface area contributed by atoms with Gasteiger partial charge in [0.15, 0.2) is 0 Å². The van der Waals surface area contributed by atoms with Gasteiger partial charge in [0.25, 0.3) is 5.69 Å². The molecule has 0 radical (unpaired) electrons. The topological polar surface area (TPSA) is 87.3 Å². The van der Waals surface area contributed by atoms with Crippen molar-refractivity contribution in [1.82, 2.24) is 9.55 Å². The van der Waals surface area contributed by atoms with Gasteiger partial charge in [-0.2, -0.15) is 0 Å². The first-order valence-electron chi connectivity index (χ1n) is 6.61. The number of aryl methyl sites for hydroxylation is 1. The van der Waals surface area contributed by atoms with Crippen LogP contribution in [0, 0.1) is 10.1 Å². The highest BCUT2D eigenvalue weighted by Gasteiger charge is 2.23. The Labute approximate surface area is 121 Å². The molecule has 0 aliphatic rings. The standard InChI is InChI=1S/C14H17N3O4/c1-5-9-10(17(19)20)6-7-11-12(9)15-8-16(11)13(18)21-14(2,3)4/h6-8H,5H2,1-4H3.